The Bertz CT molecular complexity index is 686. The van der Waals surface area contributed by atoms with Gasteiger partial charge in [0.15, 0.2) is 0 Å². The monoisotopic (exact) mass is 503 g/mol. The minimum absolute atomic E-state index is 0. The fraction of sp³-hybridized carbons (Fsp3) is 0. The molecule has 4 rings (SSSR count). The Morgan fingerprint density at radius 2 is 0.760 bits per heavy atom. The molecule has 0 aliphatic rings. The van der Waals surface area contributed by atoms with E-state index >= 15 is 0 Å². The third-order valence-corrected chi connectivity index (χ3v) is 3.47. The van der Waals surface area contributed by atoms with Crippen LogP contribution in [0.15, 0.2) is 109 Å². The number of hydrogen-bond donors (Lipinski definition) is 0. The molecule has 2 aromatic heterocycles. The third kappa shape index (κ3) is 5.75. The van der Waals surface area contributed by atoms with Crippen molar-refractivity contribution >= 4 is 0 Å². The molecule has 0 atom stereocenters. The van der Waals surface area contributed by atoms with E-state index in [1.54, 1.807) is 0 Å². The normalized spacial score (nSPS) is 9.28. The molecular formula is C22H18IrN2+. The van der Waals surface area contributed by atoms with Gasteiger partial charge in [-0.2, -0.15) is 0 Å². The first-order valence-corrected chi connectivity index (χ1v) is 7.86. The van der Waals surface area contributed by atoms with E-state index in [4.69, 9.17) is 0 Å². The van der Waals surface area contributed by atoms with E-state index in [0.29, 0.717) is 0 Å². The minimum atomic E-state index is 0. The summed E-state index contributed by atoms with van der Waals surface area (Å²) in [5.41, 5.74) is 4.38. The standard InChI is InChI=1S/2C11H9N.Ir/c2*1-2-6-10(7-3-1)11-8-4-5-9-12-11;/h2*1-9H;/q;;+1. The summed E-state index contributed by atoms with van der Waals surface area (Å²) in [7, 11) is 0. The van der Waals surface area contributed by atoms with Crippen molar-refractivity contribution in [2.24, 2.45) is 0 Å². The summed E-state index contributed by atoms with van der Waals surface area (Å²) in [6.45, 7) is 0. The SMILES string of the molecule is [Ir+].c1ccc(-c2ccccn2)cc1.c1ccc(-c2ccccn2)cc1. The van der Waals surface area contributed by atoms with Crippen LogP contribution in [0.2, 0.25) is 0 Å². The van der Waals surface area contributed by atoms with E-state index in [-0.39, 0.29) is 20.1 Å². The van der Waals surface area contributed by atoms with E-state index in [0.717, 1.165) is 22.5 Å². The molecule has 0 aliphatic carbocycles. The van der Waals surface area contributed by atoms with Crippen LogP contribution in [-0.4, -0.2) is 9.97 Å². The number of hydrogen-bond acceptors (Lipinski definition) is 2. The molecule has 25 heavy (non-hydrogen) atoms. The van der Waals surface area contributed by atoms with Crippen molar-refractivity contribution in [1.29, 1.82) is 0 Å². The smallest absolute Gasteiger partial charge is 0.256 e. The largest absolute Gasteiger partial charge is 1.00 e. The molecule has 0 saturated carbocycles. The van der Waals surface area contributed by atoms with E-state index in [9.17, 15) is 0 Å². The van der Waals surface area contributed by atoms with E-state index in [2.05, 4.69) is 34.2 Å². The van der Waals surface area contributed by atoms with E-state index in [1.165, 1.54) is 0 Å². The Labute approximate surface area is 162 Å². The summed E-state index contributed by atoms with van der Waals surface area (Å²) in [5.74, 6) is 0. The summed E-state index contributed by atoms with van der Waals surface area (Å²) in [5, 5.41) is 0. The molecule has 2 aromatic carbocycles. The van der Waals surface area contributed by atoms with Crippen LogP contribution in [0, 0.1) is 0 Å². The second-order valence-electron chi connectivity index (χ2n) is 5.16. The van der Waals surface area contributed by atoms with Crippen LogP contribution in [0.1, 0.15) is 0 Å². The average molecular weight is 503 g/mol. The van der Waals surface area contributed by atoms with Gasteiger partial charge >= 0.3 is 20.1 Å². The summed E-state index contributed by atoms with van der Waals surface area (Å²) in [4.78, 5) is 8.50. The molecule has 124 valence electrons. The second-order valence-corrected chi connectivity index (χ2v) is 5.16. The van der Waals surface area contributed by atoms with Crippen LogP contribution in [0.25, 0.3) is 22.5 Å². The van der Waals surface area contributed by atoms with Crippen molar-refractivity contribution in [3.8, 4) is 22.5 Å². The zero-order valence-corrected chi connectivity index (χ0v) is 16.0. The van der Waals surface area contributed by atoms with Gasteiger partial charge in [-0.05, 0) is 24.3 Å². The molecule has 0 radical (unpaired) electrons. The first-order valence-electron chi connectivity index (χ1n) is 7.86. The summed E-state index contributed by atoms with van der Waals surface area (Å²) >= 11 is 0. The Balaban J connectivity index is 0.000000173. The first kappa shape index (κ1) is 18.7. The maximum absolute atomic E-state index is 4.25. The number of aromatic nitrogens is 2. The predicted molar refractivity (Wildman–Crippen MR) is 99.3 cm³/mol. The number of nitrogens with zero attached hydrogens (tertiary/aromatic N) is 2. The zero-order valence-electron chi connectivity index (χ0n) is 13.6. The van der Waals surface area contributed by atoms with Gasteiger partial charge in [0.25, 0.3) is 0 Å². The van der Waals surface area contributed by atoms with E-state index < -0.39 is 0 Å². The van der Waals surface area contributed by atoms with E-state index in [1.807, 2.05) is 85.2 Å². The van der Waals surface area contributed by atoms with Crippen LogP contribution >= 0.6 is 0 Å². The van der Waals surface area contributed by atoms with Gasteiger partial charge in [-0.3, -0.25) is 9.97 Å². The summed E-state index contributed by atoms with van der Waals surface area (Å²) in [6, 6.07) is 32.2. The Kier molecular flexibility index (Phi) is 7.71. The topological polar surface area (TPSA) is 25.8 Å². The number of benzene rings is 2. The Hall–Kier alpha value is -2.61. The van der Waals surface area contributed by atoms with Gasteiger partial charge < -0.3 is 0 Å². The molecule has 0 unspecified atom stereocenters. The molecular weight excluding hydrogens is 484 g/mol. The Morgan fingerprint density at radius 1 is 0.400 bits per heavy atom. The molecule has 0 fully saturated rings. The maximum Gasteiger partial charge on any atom is 1.00 e. The van der Waals surface area contributed by atoms with Crippen LogP contribution in [0.4, 0.5) is 0 Å². The molecule has 0 bridgehead atoms. The predicted octanol–water partition coefficient (Wildman–Crippen LogP) is 5.49. The van der Waals surface area contributed by atoms with Crippen molar-refractivity contribution < 1.29 is 20.1 Å². The summed E-state index contributed by atoms with van der Waals surface area (Å²) < 4.78 is 0. The van der Waals surface area contributed by atoms with Gasteiger partial charge in [0.2, 0.25) is 0 Å². The van der Waals surface area contributed by atoms with Crippen LogP contribution in [0.3, 0.4) is 0 Å². The van der Waals surface area contributed by atoms with Crippen molar-refractivity contribution in [2.75, 3.05) is 0 Å². The van der Waals surface area contributed by atoms with Gasteiger partial charge in [-0.1, -0.05) is 72.8 Å². The number of pyridine rings is 2. The van der Waals surface area contributed by atoms with Gasteiger partial charge in [0, 0.05) is 23.5 Å². The number of rotatable bonds is 2. The van der Waals surface area contributed by atoms with Gasteiger partial charge in [-0.25, -0.2) is 0 Å². The van der Waals surface area contributed by atoms with Gasteiger partial charge in [0.1, 0.15) is 0 Å². The fourth-order valence-electron chi connectivity index (χ4n) is 2.28. The van der Waals surface area contributed by atoms with Gasteiger partial charge in [0.05, 0.1) is 11.4 Å². The molecule has 0 spiro atoms. The molecule has 3 heteroatoms. The van der Waals surface area contributed by atoms with Crippen molar-refractivity contribution in [3.63, 3.8) is 0 Å². The van der Waals surface area contributed by atoms with Crippen LogP contribution in [0.5, 0.6) is 0 Å². The fourth-order valence-corrected chi connectivity index (χ4v) is 2.28. The molecule has 0 saturated heterocycles. The minimum Gasteiger partial charge on any atom is -0.256 e. The zero-order chi connectivity index (χ0) is 16.5. The molecule has 4 aromatic rings. The average Bonchev–Trinajstić information content (AvgIpc) is 2.71. The molecule has 2 nitrogen and oxygen atoms in total. The van der Waals surface area contributed by atoms with Crippen LogP contribution in [-0.2, 0) is 20.1 Å². The Morgan fingerprint density at radius 3 is 1.08 bits per heavy atom. The van der Waals surface area contributed by atoms with Gasteiger partial charge in [-0.15, -0.1) is 0 Å². The van der Waals surface area contributed by atoms with Crippen molar-refractivity contribution in [2.45, 2.75) is 0 Å². The van der Waals surface area contributed by atoms with Crippen molar-refractivity contribution in [1.82, 2.24) is 9.97 Å². The quantitative estimate of drug-likeness (QED) is 0.362. The van der Waals surface area contributed by atoms with Crippen LogP contribution < -0.4 is 0 Å². The molecule has 0 amide bonds. The summed E-state index contributed by atoms with van der Waals surface area (Å²) in [6.07, 6.45) is 3.62. The van der Waals surface area contributed by atoms with Crippen molar-refractivity contribution in [3.05, 3.63) is 109 Å². The first-order chi connectivity index (χ1) is 11.9. The maximum atomic E-state index is 4.25. The molecule has 0 aliphatic heterocycles. The second kappa shape index (κ2) is 10.3. The molecule has 2 heterocycles. The third-order valence-electron chi connectivity index (χ3n) is 3.47. The molecule has 0 N–H and O–H groups in total.